The van der Waals surface area contributed by atoms with Gasteiger partial charge in [-0.25, -0.2) is 14.4 Å². The molecule has 2 aromatic heterocycles. The van der Waals surface area contributed by atoms with Gasteiger partial charge in [0.25, 0.3) is 0 Å². The molecular formula is C14H10BrClFN3. The third-order valence-electron chi connectivity index (χ3n) is 3.09. The van der Waals surface area contributed by atoms with E-state index in [2.05, 4.69) is 25.9 Å². The molecule has 0 unspecified atom stereocenters. The van der Waals surface area contributed by atoms with Crippen LogP contribution in [0.4, 0.5) is 4.39 Å². The van der Waals surface area contributed by atoms with Gasteiger partial charge in [-0.2, -0.15) is 0 Å². The van der Waals surface area contributed by atoms with Crippen LogP contribution in [0.1, 0.15) is 11.4 Å². The molecule has 0 saturated heterocycles. The summed E-state index contributed by atoms with van der Waals surface area (Å²) in [6.45, 7) is 1.97. The summed E-state index contributed by atoms with van der Waals surface area (Å²) >= 11 is 9.37. The molecule has 0 saturated carbocycles. The lowest BCUT2D eigenvalue weighted by atomic mass is 10.2. The van der Waals surface area contributed by atoms with E-state index in [4.69, 9.17) is 11.6 Å². The molecular weight excluding hydrogens is 345 g/mol. The molecule has 0 aliphatic heterocycles. The average Bonchev–Trinajstić information content (AvgIpc) is 2.79. The molecule has 0 amide bonds. The Hall–Kier alpha value is -1.46. The number of rotatable bonds is 2. The van der Waals surface area contributed by atoms with Crippen LogP contribution in [-0.2, 0) is 5.88 Å². The van der Waals surface area contributed by atoms with E-state index in [9.17, 15) is 4.39 Å². The first kappa shape index (κ1) is 13.5. The summed E-state index contributed by atoms with van der Waals surface area (Å²) in [6, 6.07) is 6.40. The van der Waals surface area contributed by atoms with E-state index in [1.807, 2.05) is 17.6 Å². The van der Waals surface area contributed by atoms with Crippen molar-refractivity contribution in [1.82, 2.24) is 14.5 Å². The summed E-state index contributed by atoms with van der Waals surface area (Å²) in [4.78, 5) is 8.90. The molecule has 20 heavy (non-hydrogen) atoms. The molecule has 6 heteroatoms. The van der Waals surface area contributed by atoms with Crippen molar-refractivity contribution in [3.05, 3.63) is 52.1 Å². The summed E-state index contributed by atoms with van der Waals surface area (Å²) in [5.74, 6) is 0.622. The molecule has 0 spiro atoms. The Morgan fingerprint density at radius 3 is 2.85 bits per heavy atom. The second-order valence-corrected chi connectivity index (χ2v) is 5.51. The fraction of sp³-hybridized carbons (Fsp3) is 0.143. The van der Waals surface area contributed by atoms with Crippen molar-refractivity contribution < 1.29 is 4.39 Å². The maximum atomic E-state index is 13.3. The summed E-state index contributed by atoms with van der Waals surface area (Å²) in [7, 11) is 0. The number of aromatic nitrogens is 3. The number of alkyl halides is 1. The molecule has 3 nitrogen and oxygen atoms in total. The largest absolute Gasteiger partial charge is 0.279 e. The first-order valence-corrected chi connectivity index (χ1v) is 7.29. The number of hydrogen-bond donors (Lipinski definition) is 0. The fourth-order valence-electron chi connectivity index (χ4n) is 2.14. The number of halogens is 3. The Morgan fingerprint density at radius 2 is 2.15 bits per heavy atom. The lowest BCUT2D eigenvalue weighted by Crippen LogP contribution is -2.01. The van der Waals surface area contributed by atoms with Gasteiger partial charge in [0, 0.05) is 10.7 Å². The van der Waals surface area contributed by atoms with Crippen molar-refractivity contribution in [1.29, 1.82) is 0 Å². The molecule has 0 radical (unpaired) electrons. The Labute approximate surface area is 128 Å². The SMILES string of the molecule is Cc1ccnc2c1nc(CCl)n2-c1ccc(F)cc1Br. The zero-order valence-corrected chi connectivity index (χ0v) is 12.9. The van der Waals surface area contributed by atoms with Crippen LogP contribution in [0.5, 0.6) is 0 Å². The Kier molecular flexibility index (Phi) is 3.48. The number of benzene rings is 1. The van der Waals surface area contributed by atoms with Gasteiger partial charge in [0.05, 0.1) is 11.6 Å². The maximum absolute atomic E-state index is 13.3. The smallest absolute Gasteiger partial charge is 0.165 e. The van der Waals surface area contributed by atoms with Gasteiger partial charge < -0.3 is 0 Å². The second-order valence-electron chi connectivity index (χ2n) is 4.39. The highest BCUT2D eigenvalue weighted by Gasteiger charge is 2.16. The third-order valence-corrected chi connectivity index (χ3v) is 3.96. The zero-order valence-electron chi connectivity index (χ0n) is 10.6. The molecule has 3 rings (SSSR count). The first-order chi connectivity index (χ1) is 9.61. The molecule has 0 fully saturated rings. The van der Waals surface area contributed by atoms with Crippen LogP contribution in [0.3, 0.4) is 0 Å². The molecule has 1 aromatic carbocycles. The quantitative estimate of drug-likeness (QED) is 0.640. The number of imidazole rings is 1. The fourth-order valence-corrected chi connectivity index (χ4v) is 2.85. The molecule has 102 valence electrons. The van der Waals surface area contributed by atoms with E-state index in [1.165, 1.54) is 12.1 Å². The second kappa shape index (κ2) is 5.14. The van der Waals surface area contributed by atoms with E-state index in [1.54, 1.807) is 12.3 Å². The summed E-state index contributed by atoms with van der Waals surface area (Å²) < 4.78 is 15.7. The minimum absolute atomic E-state index is 0.250. The number of nitrogens with zero attached hydrogens (tertiary/aromatic N) is 3. The van der Waals surface area contributed by atoms with Gasteiger partial charge in [0.1, 0.15) is 17.2 Å². The molecule has 3 aromatic rings. The molecule has 0 bridgehead atoms. The summed E-state index contributed by atoms with van der Waals surface area (Å²) in [6.07, 6.45) is 1.73. The van der Waals surface area contributed by atoms with Gasteiger partial charge in [-0.05, 0) is 52.7 Å². The highest BCUT2D eigenvalue weighted by Crippen LogP contribution is 2.28. The molecule has 0 aliphatic carbocycles. The number of fused-ring (bicyclic) bond motifs is 1. The van der Waals surface area contributed by atoms with Crippen LogP contribution in [0.25, 0.3) is 16.9 Å². The lowest BCUT2D eigenvalue weighted by Gasteiger charge is -2.09. The van der Waals surface area contributed by atoms with Crippen molar-refractivity contribution >= 4 is 38.7 Å². The Morgan fingerprint density at radius 1 is 1.35 bits per heavy atom. The minimum Gasteiger partial charge on any atom is -0.279 e. The zero-order chi connectivity index (χ0) is 14.3. The van der Waals surface area contributed by atoms with Crippen molar-refractivity contribution in [3.63, 3.8) is 0 Å². The van der Waals surface area contributed by atoms with E-state index in [0.29, 0.717) is 15.9 Å². The highest BCUT2D eigenvalue weighted by molar-refractivity contribution is 9.10. The van der Waals surface area contributed by atoms with E-state index < -0.39 is 0 Å². The van der Waals surface area contributed by atoms with Crippen LogP contribution < -0.4 is 0 Å². The average molecular weight is 355 g/mol. The van der Waals surface area contributed by atoms with E-state index in [0.717, 1.165) is 16.8 Å². The maximum Gasteiger partial charge on any atom is 0.165 e. The molecule has 0 N–H and O–H groups in total. The number of aryl methyl sites for hydroxylation is 1. The Bertz CT molecular complexity index is 800. The van der Waals surface area contributed by atoms with Gasteiger partial charge in [-0.3, -0.25) is 4.57 Å². The standard InChI is InChI=1S/C14H10BrClFN3/c1-8-4-5-18-14-13(8)19-12(7-16)20(14)11-3-2-9(17)6-10(11)15/h2-6H,7H2,1H3. The monoisotopic (exact) mass is 353 g/mol. The first-order valence-electron chi connectivity index (χ1n) is 5.96. The molecule has 2 heterocycles. The van der Waals surface area contributed by atoms with Gasteiger partial charge >= 0.3 is 0 Å². The normalized spacial score (nSPS) is 11.2. The van der Waals surface area contributed by atoms with Crippen LogP contribution in [0.15, 0.2) is 34.9 Å². The van der Waals surface area contributed by atoms with Crippen LogP contribution >= 0.6 is 27.5 Å². The van der Waals surface area contributed by atoms with Gasteiger partial charge in [0.2, 0.25) is 0 Å². The highest BCUT2D eigenvalue weighted by atomic mass is 79.9. The van der Waals surface area contributed by atoms with Gasteiger partial charge in [-0.15, -0.1) is 11.6 Å². The summed E-state index contributed by atoms with van der Waals surface area (Å²) in [5.41, 5.74) is 3.31. The van der Waals surface area contributed by atoms with E-state index >= 15 is 0 Å². The topological polar surface area (TPSA) is 30.7 Å². The van der Waals surface area contributed by atoms with Crippen molar-refractivity contribution in [3.8, 4) is 5.69 Å². The van der Waals surface area contributed by atoms with Gasteiger partial charge in [-0.1, -0.05) is 0 Å². The van der Waals surface area contributed by atoms with Crippen LogP contribution in [0.2, 0.25) is 0 Å². The number of hydrogen-bond acceptors (Lipinski definition) is 2. The predicted octanol–water partition coefficient (Wildman–Crippen LogP) is 4.37. The molecule has 0 atom stereocenters. The van der Waals surface area contributed by atoms with Crippen molar-refractivity contribution in [2.45, 2.75) is 12.8 Å². The molecule has 0 aliphatic rings. The minimum atomic E-state index is -0.304. The lowest BCUT2D eigenvalue weighted by molar-refractivity contribution is 0.626. The third kappa shape index (κ3) is 2.11. The Balaban J connectivity index is 2.37. The van der Waals surface area contributed by atoms with Crippen LogP contribution in [0, 0.1) is 12.7 Å². The predicted molar refractivity (Wildman–Crippen MR) is 80.8 cm³/mol. The van der Waals surface area contributed by atoms with Gasteiger partial charge in [0.15, 0.2) is 5.65 Å². The van der Waals surface area contributed by atoms with E-state index in [-0.39, 0.29) is 11.7 Å². The summed E-state index contributed by atoms with van der Waals surface area (Å²) in [5, 5.41) is 0. The van der Waals surface area contributed by atoms with Crippen molar-refractivity contribution in [2.75, 3.05) is 0 Å². The number of pyridine rings is 1. The van der Waals surface area contributed by atoms with Crippen LogP contribution in [-0.4, -0.2) is 14.5 Å². The van der Waals surface area contributed by atoms with Crippen molar-refractivity contribution in [2.24, 2.45) is 0 Å².